The third-order valence-electron chi connectivity index (χ3n) is 3.16. The minimum absolute atomic E-state index is 0.143. The summed E-state index contributed by atoms with van der Waals surface area (Å²) < 4.78 is 7.10. The molecule has 0 fully saturated rings. The maximum absolute atomic E-state index is 11.0. The molecule has 0 aliphatic heterocycles. The second-order valence-electron chi connectivity index (χ2n) is 5.18. The molecule has 0 aliphatic rings. The number of carbonyl (C=O) groups excluding carboxylic acids is 1. The lowest BCUT2D eigenvalue weighted by atomic mass is 10.3. The number of amides is 1. The van der Waals surface area contributed by atoms with Crippen LogP contribution in [0.25, 0.3) is 0 Å². The first-order chi connectivity index (χ1) is 11.0. The van der Waals surface area contributed by atoms with Gasteiger partial charge in [-0.25, -0.2) is 4.99 Å². The van der Waals surface area contributed by atoms with Crippen LogP contribution in [-0.4, -0.2) is 40.1 Å². The Kier molecular flexibility index (Phi) is 5.40. The maximum Gasteiger partial charge on any atom is 0.284 e. The van der Waals surface area contributed by atoms with Crippen molar-refractivity contribution in [3.8, 4) is 0 Å². The van der Waals surface area contributed by atoms with Crippen LogP contribution in [0.5, 0.6) is 0 Å². The van der Waals surface area contributed by atoms with E-state index in [-0.39, 0.29) is 5.76 Å². The molecule has 2 rings (SSSR count). The Morgan fingerprint density at radius 1 is 1.52 bits per heavy atom. The van der Waals surface area contributed by atoms with E-state index in [4.69, 9.17) is 10.2 Å². The predicted molar refractivity (Wildman–Crippen MR) is 86.7 cm³/mol. The highest BCUT2D eigenvalue weighted by molar-refractivity contribution is 5.89. The van der Waals surface area contributed by atoms with E-state index in [9.17, 15) is 4.79 Å². The zero-order chi connectivity index (χ0) is 16.8. The summed E-state index contributed by atoms with van der Waals surface area (Å²) >= 11 is 0. The van der Waals surface area contributed by atoms with Gasteiger partial charge in [-0.2, -0.15) is 5.10 Å². The van der Waals surface area contributed by atoms with E-state index in [0.29, 0.717) is 18.8 Å². The average molecular weight is 318 g/mol. The molecular formula is C15H22N6O2. The highest BCUT2D eigenvalue weighted by Gasteiger charge is 2.10. The van der Waals surface area contributed by atoms with Crippen molar-refractivity contribution in [1.82, 2.24) is 20.0 Å². The van der Waals surface area contributed by atoms with Crippen LogP contribution < -0.4 is 11.1 Å². The number of aryl methyl sites for hydroxylation is 1. The number of nitrogens with two attached hydrogens (primary N) is 1. The van der Waals surface area contributed by atoms with Crippen molar-refractivity contribution in [1.29, 1.82) is 0 Å². The maximum atomic E-state index is 11.0. The Labute approximate surface area is 135 Å². The summed E-state index contributed by atoms with van der Waals surface area (Å²) in [7, 11) is 3.83. The molecule has 0 aromatic carbocycles. The molecule has 8 heteroatoms. The van der Waals surface area contributed by atoms with E-state index in [1.807, 2.05) is 38.3 Å². The van der Waals surface area contributed by atoms with Gasteiger partial charge in [0, 0.05) is 38.9 Å². The summed E-state index contributed by atoms with van der Waals surface area (Å²) in [6, 6.07) is 3.26. The lowest BCUT2D eigenvalue weighted by molar-refractivity contribution is 0.0972. The van der Waals surface area contributed by atoms with E-state index < -0.39 is 5.91 Å². The number of nitrogens with one attached hydrogen (secondary N) is 1. The van der Waals surface area contributed by atoms with Crippen molar-refractivity contribution < 1.29 is 9.21 Å². The Balaban J connectivity index is 2.04. The average Bonchev–Trinajstić information content (AvgIpc) is 3.12. The fraction of sp³-hybridized carbons (Fsp3) is 0.400. The largest absolute Gasteiger partial charge is 0.454 e. The molecule has 0 spiro atoms. The summed E-state index contributed by atoms with van der Waals surface area (Å²) in [6.45, 7) is 3.77. The van der Waals surface area contributed by atoms with E-state index in [1.54, 1.807) is 16.8 Å². The van der Waals surface area contributed by atoms with Gasteiger partial charge in [-0.3, -0.25) is 9.48 Å². The number of guanidine groups is 1. The minimum atomic E-state index is -0.583. The molecular weight excluding hydrogens is 296 g/mol. The topological polar surface area (TPSA) is 102 Å². The van der Waals surface area contributed by atoms with Crippen LogP contribution in [0.15, 0.2) is 33.9 Å². The third kappa shape index (κ3) is 4.60. The van der Waals surface area contributed by atoms with E-state index >= 15 is 0 Å². The van der Waals surface area contributed by atoms with Crippen molar-refractivity contribution >= 4 is 11.9 Å². The summed E-state index contributed by atoms with van der Waals surface area (Å²) in [5.74, 6) is 0.891. The number of primary amides is 1. The van der Waals surface area contributed by atoms with E-state index in [0.717, 1.165) is 18.1 Å². The fourth-order valence-electron chi connectivity index (χ4n) is 2.12. The molecule has 1 amide bonds. The van der Waals surface area contributed by atoms with E-state index in [2.05, 4.69) is 15.4 Å². The van der Waals surface area contributed by atoms with Gasteiger partial charge in [0.15, 0.2) is 11.7 Å². The van der Waals surface area contributed by atoms with Gasteiger partial charge in [-0.1, -0.05) is 0 Å². The molecule has 2 aromatic heterocycles. The normalized spacial score (nSPS) is 11.5. The monoisotopic (exact) mass is 318 g/mol. The summed E-state index contributed by atoms with van der Waals surface area (Å²) in [4.78, 5) is 17.5. The summed E-state index contributed by atoms with van der Waals surface area (Å²) in [6.07, 6.45) is 3.79. The molecule has 8 nitrogen and oxygen atoms in total. The van der Waals surface area contributed by atoms with Crippen LogP contribution in [0.2, 0.25) is 0 Å². The van der Waals surface area contributed by atoms with E-state index in [1.165, 1.54) is 0 Å². The van der Waals surface area contributed by atoms with Crippen molar-refractivity contribution in [3.63, 3.8) is 0 Å². The molecule has 0 bridgehead atoms. The molecule has 0 saturated heterocycles. The Morgan fingerprint density at radius 3 is 2.87 bits per heavy atom. The quantitative estimate of drug-likeness (QED) is 0.603. The molecule has 0 unspecified atom stereocenters. The SMILES string of the molecule is CCNC(=NCc1ccc(C(N)=O)o1)N(C)Cc1cnn(C)c1. The van der Waals surface area contributed by atoms with Gasteiger partial charge in [0.1, 0.15) is 12.3 Å². The number of carbonyl (C=O) groups is 1. The Morgan fingerprint density at radius 2 is 2.30 bits per heavy atom. The molecule has 3 N–H and O–H groups in total. The van der Waals surface area contributed by atoms with Crippen LogP contribution in [0.4, 0.5) is 0 Å². The molecule has 23 heavy (non-hydrogen) atoms. The third-order valence-corrected chi connectivity index (χ3v) is 3.16. The molecule has 0 saturated carbocycles. The Bertz CT molecular complexity index is 688. The first kappa shape index (κ1) is 16.6. The number of aliphatic imine (C=N–C) groups is 1. The lowest BCUT2D eigenvalue weighted by Gasteiger charge is -2.21. The van der Waals surface area contributed by atoms with Crippen LogP contribution in [-0.2, 0) is 20.1 Å². The van der Waals surface area contributed by atoms with Crippen molar-refractivity contribution in [2.45, 2.75) is 20.0 Å². The van der Waals surface area contributed by atoms with Crippen LogP contribution >= 0.6 is 0 Å². The molecule has 0 atom stereocenters. The molecule has 124 valence electrons. The van der Waals surface area contributed by atoms with Crippen molar-refractivity contribution in [3.05, 3.63) is 41.6 Å². The number of rotatable bonds is 6. The van der Waals surface area contributed by atoms with Crippen molar-refractivity contribution in [2.24, 2.45) is 17.8 Å². The fourth-order valence-corrected chi connectivity index (χ4v) is 2.12. The zero-order valence-electron chi connectivity index (χ0n) is 13.6. The number of hydrogen-bond donors (Lipinski definition) is 2. The van der Waals surface area contributed by atoms with Crippen LogP contribution in [0.1, 0.15) is 28.8 Å². The molecule has 0 aliphatic carbocycles. The second kappa shape index (κ2) is 7.48. The number of hydrogen-bond acceptors (Lipinski definition) is 4. The van der Waals surface area contributed by atoms with Gasteiger partial charge in [0.05, 0.1) is 6.20 Å². The summed E-state index contributed by atoms with van der Waals surface area (Å²) in [5, 5.41) is 7.38. The van der Waals surface area contributed by atoms with Crippen LogP contribution in [0.3, 0.4) is 0 Å². The van der Waals surface area contributed by atoms with Crippen molar-refractivity contribution in [2.75, 3.05) is 13.6 Å². The van der Waals surface area contributed by atoms with Gasteiger partial charge in [0.2, 0.25) is 0 Å². The highest BCUT2D eigenvalue weighted by atomic mass is 16.3. The van der Waals surface area contributed by atoms with Gasteiger partial charge in [-0.05, 0) is 19.1 Å². The number of furan rings is 1. The van der Waals surface area contributed by atoms with Gasteiger partial charge in [-0.15, -0.1) is 0 Å². The Hall–Kier alpha value is -2.77. The second-order valence-corrected chi connectivity index (χ2v) is 5.18. The predicted octanol–water partition coefficient (Wildman–Crippen LogP) is 0.710. The van der Waals surface area contributed by atoms with Gasteiger partial charge < -0.3 is 20.4 Å². The molecule has 2 aromatic rings. The highest BCUT2D eigenvalue weighted by Crippen LogP contribution is 2.09. The van der Waals surface area contributed by atoms with Gasteiger partial charge >= 0.3 is 0 Å². The minimum Gasteiger partial charge on any atom is -0.454 e. The van der Waals surface area contributed by atoms with Crippen LogP contribution in [0, 0.1) is 0 Å². The molecule has 0 radical (unpaired) electrons. The smallest absolute Gasteiger partial charge is 0.284 e. The summed E-state index contributed by atoms with van der Waals surface area (Å²) in [5.41, 5.74) is 6.26. The van der Waals surface area contributed by atoms with Gasteiger partial charge in [0.25, 0.3) is 5.91 Å². The standard InChI is InChI=1S/C15H22N6O2/c1-4-17-15(20(2)9-11-7-19-21(3)10-11)18-8-12-5-6-13(23-12)14(16)22/h5-7,10H,4,8-9H2,1-3H3,(H2,16,22)(H,17,18). The zero-order valence-corrected chi connectivity index (χ0v) is 13.6. The lowest BCUT2D eigenvalue weighted by Crippen LogP contribution is -2.38. The molecule has 2 heterocycles. The number of nitrogens with zero attached hydrogens (tertiary/aromatic N) is 4. The number of aromatic nitrogens is 2. The first-order valence-electron chi connectivity index (χ1n) is 7.35. The first-order valence-corrected chi connectivity index (χ1v) is 7.35.